The summed E-state index contributed by atoms with van der Waals surface area (Å²) < 4.78 is 6.23. The molecular weight excluding hydrogens is 504 g/mol. The van der Waals surface area contributed by atoms with Crippen LogP contribution in [0.15, 0.2) is 11.6 Å². The Morgan fingerprint density at radius 1 is 1.05 bits per heavy atom. The molecule has 0 bridgehead atoms. The fourth-order valence-corrected chi connectivity index (χ4v) is 11.3. The summed E-state index contributed by atoms with van der Waals surface area (Å²) in [7, 11) is 0. The molecule has 5 aliphatic carbocycles. The van der Waals surface area contributed by atoms with Gasteiger partial charge in [-0.25, -0.2) is 0 Å². The predicted octanol–water partition coefficient (Wildman–Crippen LogP) is 5.10. The first-order chi connectivity index (χ1) is 18.6. The number of carbonyl (C=O) groups excluding carboxylic acids is 1. The molecule has 0 radical (unpaired) electrons. The highest BCUT2D eigenvalue weighted by atomic mass is 16.6. The van der Waals surface area contributed by atoms with Crippen molar-refractivity contribution in [2.24, 2.45) is 39.9 Å². The van der Waals surface area contributed by atoms with Crippen LogP contribution in [0, 0.1) is 39.9 Å². The van der Waals surface area contributed by atoms with Gasteiger partial charge in [0.2, 0.25) is 0 Å². The fraction of sp³-hybridized carbons (Fsp3) is 0.912. The van der Waals surface area contributed by atoms with Crippen molar-refractivity contribution in [1.82, 2.24) is 0 Å². The number of ether oxygens (including phenoxy) is 1. The molecule has 1 saturated heterocycles. The molecule has 6 aliphatic rings. The Labute approximate surface area is 241 Å². The summed E-state index contributed by atoms with van der Waals surface area (Å²) in [6.45, 7) is 12.3. The maximum absolute atomic E-state index is 13.8. The fourth-order valence-electron chi connectivity index (χ4n) is 11.3. The van der Waals surface area contributed by atoms with Crippen molar-refractivity contribution < 1.29 is 30.0 Å². The Hall–Kier alpha value is -0.790. The summed E-state index contributed by atoms with van der Waals surface area (Å²) in [6.07, 6.45) is 10.2. The smallest absolute Gasteiger partial charge is 0.159 e. The number of aliphatic hydroxyl groups is 4. The van der Waals surface area contributed by atoms with E-state index >= 15 is 0 Å². The maximum Gasteiger partial charge on any atom is 0.159 e. The molecule has 6 heteroatoms. The van der Waals surface area contributed by atoms with E-state index in [9.17, 15) is 25.2 Å². The first-order valence-electron chi connectivity index (χ1n) is 16.4. The van der Waals surface area contributed by atoms with Crippen LogP contribution in [0.2, 0.25) is 0 Å². The third-order valence-electron chi connectivity index (χ3n) is 14.0. The van der Waals surface area contributed by atoms with E-state index in [1.165, 1.54) is 0 Å². The summed E-state index contributed by atoms with van der Waals surface area (Å²) in [5, 5.41) is 48.0. The zero-order valence-corrected chi connectivity index (χ0v) is 25.7. The third-order valence-corrected chi connectivity index (χ3v) is 14.0. The zero-order valence-electron chi connectivity index (χ0n) is 25.7. The molecule has 0 unspecified atom stereocenters. The Kier molecular flexibility index (Phi) is 6.67. The van der Waals surface area contributed by atoms with E-state index in [-0.39, 0.29) is 40.3 Å². The van der Waals surface area contributed by atoms with Crippen molar-refractivity contribution in [1.29, 1.82) is 0 Å². The molecule has 1 heterocycles. The van der Waals surface area contributed by atoms with Crippen LogP contribution in [0.25, 0.3) is 0 Å². The maximum atomic E-state index is 13.8. The first-order valence-corrected chi connectivity index (χ1v) is 16.4. The molecule has 4 N–H and O–H groups in total. The second-order valence-electron chi connectivity index (χ2n) is 16.1. The molecule has 11 atom stereocenters. The second-order valence-corrected chi connectivity index (χ2v) is 16.1. The normalized spacial score (nSPS) is 48.7. The Balaban J connectivity index is 1.46. The molecule has 40 heavy (non-hydrogen) atoms. The minimum absolute atomic E-state index is 0.0119. The van der Waals surface area contributed by atoms with Gasteiger partial charge < -0.3 is 25.2 Å². The Morgan fingerprint density at radius 3 is 2.35 bits per heavy atom. The van der Waals surface area contributed by atoms with Gasteiger partial charge in [0, 0.05) is 16.7 Å². The highest BCUT2D eigenvalue weighted by molar-refractivity contribution is 5.95. The van der Waals surface area contributed by atoms with E-state index in [4.69, 9.17) is 4.74 Å². The van der Waals surface area contributed by atoms with Crippen LogP contribution in [0.3, 0.4) is 0 Å². The minimum Gasteiger partial charge on any atom is -0.393 e. The standard InChI is InChI=1S/C34H54O6/c1-7-12-33(38,28-27(40-28)31(6,37)20(2)3)26-19-32(13-8-9-14-32)34(39)23-18-25(36)24-17-21(35)10-15-29(24,4)22(23)11-16-30(26,34)5/h18,20-22,24,26-28,35,37-39H,7-17,19H2,1-6H3/t21-,22-,24-,26-,27-,28-,29+,30+,31+,33+,34+/m0/s1. The van der Waals surface area contributed by atoms with E-state index in [0.29, 0.717) is 19.3 Å². The number of rotatable bonds is 6. The van der Waals surface area contributed by atoms with Crippen LogP contribution < -0.4 is 0 Å². The molecule has 6 rings (SSSR count). The average molecular weight is 559 g/mol. The molecule has 0 aromatic heterocycles. The topological polar surface area (TPSA) is 111 Å². The van der Waals surface area contributed by atoms with Crippen molar-refractivity contribution in [3.8, 4) is 0 Å². The van der Waals surface area contributed by atoms with Crippen molar-refractivity contribution >= 4 is 5.78 Å². The SMILES string of the molecule is CCC[C@@](O)([C@H]1CC2(CCCC2)[C@@]2(O)C3=CC(=O)[C@@H]4C[C@@H](O)CC[C@]4(C)[C@H]3CC[C@]12C)[C@H]1O[C@@H]1[C@](C)(O)C(C)C. The molecule has 0 amide bonds. The van der Waals surface area contributed by atoms with Crippen LogP contribution in [0.5, 0.6) is 0 Å². The lowest BCUT2D eigenvalue weighted by Gasteiger charge is -2.62. The monoisotopic (exact) mass is 558 g/mol. The number of hydrogen-bond acceptors (Lipinski definition) is 6. The lowest BCUT2D eigenvalue weighted by molar-refractivity contribution is -0.175. The lowest BCUT2D eigenvalue weighted by Crippen LogP contribution is -2.64. The molecule has 0 aromatic carbocycles. The van der Waals surface area contributed by atoms with Gasteiger partial charge >= 0.3 is 0 Å². The number of epoxide rings is 1. The van der Waals surface area contributed by atoms with Gasteiger partial charge in [-0.1, -0.05) is 53.9 Å². The van der Waals surface area contributed by atoms with Crippen LogP contribution in [0.1, 0.15) is 119 Å². The largest absolute Gasteiger partial charge is 0.393 e. The van der Waals surface area contributed by atoms with Gasteiger partial charge in [0.15, 0.2) is 5.78 Å². The highest BCUT2D eigenvalue weighted by Crippen LogP contribution is 2.77. The molecule has 4 saturated carbocycles. The summed E-state index contributed by atoms with van der Waals surface area (Å²) in [4.78, 5) is 13.8. The van der Waals surface area contributed by atoms with E-state index < -0.39 is 40.5 Å². The average Bonchev–Trinajstić information content (AvgIpc) is 3.53. The van der Waals surface area contributed by atoms with Gasteiger partial charge in [-0.2, -0.15) is 0 Å². The third kappa shape index (κ3) is 3.55. The number of fused-ring (bicyclic) bond motifs is 6. The molecule has 1 aliphatic heterocycles. The lowest BCUT2D eigenvalue weighted by atomic mass is 9.43. The van der Waals surface area contributed by atoms with Gasteiger partial charge in [-0.05, 0) is 99.5 Å². The molecule has 6 nitrogen and oxygen atoms in total. The van der Waals surface area contributed by atoms with Crippen molar-refractivity contribution in [2.45, 2.75) is 154 Å². The molecule has 1 spiro atoms. The van der Waals surface area contributed by atoms with Gasteiger partial charge in [0.25, 0.3) is 0 Å². The molecular formula is C34H54O6. The summed E-state index contributed by atoms with van der Waals surface area (Å²) in [5.74, 6) is -0.212. The van der Waals surface area contributed by atoms with E-state index in [0.717, 1.165) is 63.4 Å². The van der Waals surface area contributed by atoms with E-state index in [1.807, 2.05) is 26.8 Å². The number of ketones is 1. The Morgan fingerprint density at radius 2 is 1.73 bits per heavy atom. The van der Waals surface area contributed by atoms with E-state index in [2.05, 4.69) is 20.8 Å². The van der Waals surface area contributed by atoms with Gasteiger partial charge in [-0.3, -0.25) is 4.79 Å². The van der Waals surface area contributed by atoms with Crippen LogP contribution in [-0.2, 0) is 9.53 Å². The van der Waals surface area contributed by atoms with Crippen molar-refractivity contribution in [2.75, 3.05) is 0 Å². The number of hydrogen-bond donors (Lipinski definition) is 4. The van der Waals surface area contributed by atoms with Crippen LogP contribution in [-0.4, -0.2) is 61.3 Å². The number of aliphatic hydroxyl groups excluding tert-OH is 1. The zero-order chi connectivity index (χ0) is 29.1. The molecule has 0 aromatic rings. The van der Waals surface area contributed by atoms with Crippen molar-refractivity contribution in [3.63, 3.8) is 0 Å². The number of carbonyl (C=O) groups is 1. The summed E-state index contributed by atoms with van der Waals surface area (Å²) in [5.41, 5.74) is -3.68. The number of allylic oxidation sites excluding steroid dienone is 1. The summed E-state index contributed by atoms with van der Waals surface area (Å²) >= 11 is 0. The van der Waals surface area contributed by atoms with Crippen LogP contribution >= 0.6 is 0 Å². The van der Waals surface area contributed by atoms with Gasteiger partial charge in [-0.15, -0.1) is 0 Å². The van der Waals surface area contributed by atoms with Gasteiger partial charge in [0.1, 0.15) is 12.2 Å². The first kappa shape index (κ1) is 29.3. The van der Waals surface area contributed by atoms with E-state index in [1.54, 1.807) is 0 Å². The summed E-state index contributed by atoms with van der Waals surface area (Å²) in [6, 6.07) is 0. The van der Waals surface area contributed by atoms with Gasteiger partial charge in [0.05, 0.1) is 22.9 Å². The quantitative estimate of drug-likeness (QED) is 0.338. The minimum atomic E-state index is -1.17. The molecule has 5 fully saturated rings. The molecule has 226 valence electrons. The second kappa shape index (κ2) is 9.11. The highest BCUT2D eigenvalue weighted by Gasteiger charge is 2.79. The predicted molar refractivity (Wildman–Crippen MR) is 153 cm³/mol. The van der Waals surface area contributed by atoms with Crippen LogP contribution in [0.4, 0.5) is 0 Å². The Bertz CT molecular complexity index is 1070. The van der Waals surface area contributed by atoms with Crippen molar-refractivity contribution in [3.05, 3.63) is 11.6 Å².